The summed E-state index contributed by atoms with van der Waals surface area (Å²) in [6.45, 7) is 0. The van der Waals surface area contributed by atoms with Gasteiger partial charge in [0.15, 0.2) is 0 Å². The van der Waals surface area contributed by atoms with Crippen LogP contribution in [0.3, 0.4) is 0 Å². The zero-order valence-electron chi connectivity index (χ0n) is 12.2. The average Bonchev–Trinajstić information content (AvgIpc) is 3.06. The first-order valence-electron chi connectivity index (χ1n) is 6.82. The highest BCUT2D eigenvalue weighted by Crippen LogP contribution is 2.14. The van der Waals surface area contributed by atoms with E-state index in [0.29, 0.717) is 10.0 Å². The van der Waals surface area contributed by atoms with Crippen molar-refractivity contribution in [3.8, 4) is 5.69 Å². The molecule has 3 aromatic rings. The number of rotatable bonds is 3. The summed E-state index contributed by atoms with van der Waals surface area (Å²) in [5.74, 6) is -0.353. The number of hydrogen-bond acceptors (Lipinski definition) is 3. The number of carbonyl (C=O) groups excluding carboxylic acids is 1. The smallest absolute Gasteiger partial charge is 0.274 e. The Hall–Kier alpha value is -2.67. The van der Waals surface area contributed by atoms with Crippen molar-refractivity contribution in [2.45, 2.75) is 0 Å². The van der Waals surface area contributed by atoms with Crippen LogP contribution in [0.1, 0.15) is 10.4 Å². The number of aryl methyl sites for hydroxylation is 1. The van der Waals surface area contributed by atoms with Gasteiger partial charge in [-0.25, -0.2) is 4.68 Å². The predicted octanol–water partition coefficient (Wildman–Crippen LogP) is 2.59. The van der Waals surface area contributed by atoms with Crippen LogP contribution in [0, 0.1) is 0 Å². The van der Waals surface area contributed by atoms with Gasteiger partial charge in [-0.1, -0.05) is 6.07 Å². The molecule has 2 aromatic heterocycles. The lowest BCUT2D eigenvalue weighted by atomic mass is 10.2. The number of anilines is 1. The maximum absolute atomic E-state index is 12.4. The van der Waals surface area contributed by atoms with Gasteiger partial charge in [0.25, 0.3) is 11.5 Å². The van der Waals surface area contributed by atoms with Crippen LogP contribution in [0.4, 0.5) is 5.69 Å². The van der Waals surface area contributed by atoms with Gasteiger partial charge >= 0.3 is 0 Å². The van der Waals surface area contributed by atoms with Crippen LogP contribution in [0.5, 0.6) is 0 Å². The van der Waals surface area contributed by atoms with Crippen LogP contribution in [0.15, 0.2) is 64.3 Å². The minimum absolute atomic E-state index is 0.219. The van der Waals surface area contributed by atoms with Gasteiger partial charge in [-0.3, -0.25) is 9.59 Å². The third-order valence-electron chi connectivity index (χ3n) is 3.28. The summed E-state index contributed by atoms with van der Waals surface area (Å²) in [6.07, 6.45) is 5.09. The number of pyridine rings is 1. The van der Waals surface area contributed by atoms with Crippen LogP contribution in [-0.4, -0.2) is 20.3 Å². The maximum atomic E-state index is 12.4. The van der Waals surface area contributed by atoms with Crippen molar-refractivity contribution in [2.75, 3.05) is 5.32 Å². The highest BCUT2D eigenvalue weighted by molar-refractivity contribution is 9.10. The molecule has 7 heteroatoms. The van der Waals surface area contributed by atoms with Crippen molar-refractivity contribution in [3.05, 3.63) is 75.4 Å². The molecule has 1 aromatic carbocycles. The van der Waals surface area contributed by atoms with Gasteiger partial charge in [-0.15, -0.1) is 0 Å². The summed E-state index contributed by atoms with van der Waals surface area (Å²) in [6, 6.07) is 10.4. The molecule has 23 heavy (non-hydrogen) atoms. The van der Waals surface area contributed by atoms with Crippen LogP contribution in [-0.2, 0) is 7.05 Å². The molecule has 0 aliphatic heterocycles. The third kappa shape index (κ3) is 3.24. The fourth-order valence-corrected chi connectivity index (χ4v) is 2.70. The Bertz CT molecular complexity index is 916. The van der Waals surface area contributed by atoms with Gasteiger partial charge in [0.1, 0.15) is 5.69 Å². The van der Waals surface area contributed by atoms with Gasteiger partial charge in [0.2, 0.25) is 0 Å². The molecular weight excluding hydrogens is 360 g/mol. The molecule has 0 bridgehead atoms. The molecule has 0 radical (unpaired) electrons. The van der Waals surface area contributed by atoms with Crippen LogP contribution < -0.4 is 10.9 Å². The molecule has 1 amide bonds. The Morgan fingerprint density at radius 2 is 2.09 bits per heavy atom. The van der Waals surface area contributed by atoms with E-state index in [2.05, 4.69) is 26.3 Å². The lowest BCUT2D eigenvalue weighted by molar-refractivity contribution is 0.102. The minimum atomic E-state index is -0.353. The molecular formula is C16H13BrN4O2. The second kappa shape index (κ2) is 6.21. The maximum Gasteiger partial charge on any atom is 0.274 e. The standard InChI is InChI=1S/C16H13BrN4O2/c1-20-10-12(17)9-14(16(20)23)19-15(22)11-4-2-5-13(8-11)21-7-3-6-18-21/h2-10H,1H3,(H,19,22). The topological polar surface area (TPSA) is 68.9 Å². The molecule has 0 atom stereocenters. The van der Waals surface area contributed by atoms with E-state index in [-0.39, 0.29) is 17.2 Å². The lowest BCUT2D eigenvalue weighted by Gasteiger charge is -2.08. The normalized spacial score (nSPS) is 10.5. The van der Waals surface area contributed by atoms with Gasteiger partial charge in [0, 0.05) is 35.7 Å². The van der Waals surface area contributed by atoms with E-state index in [1.165, 1.54) is 4.57 Å². The van der Waals surface area contributed by atoms with Crippen molar-refractivity contribution in [1.29, 1.82) is 0 Å². The minimum Gasteiger partial charge on any atom is -0.317 e. The second-order valence-electron chi connectivity index (χ2n) is 4.94. The number of amides is 1. The highest BCUT2D eigenvalue weighted by Gasteiger charge is 2.11. The quantitative estimate of drug-likeness (QED) is 0.767. The van der Waals surface area contributed by atoms with E-state index in [0.717, 1.165) is 5.69 Å². The number of aromatic nitrogens is 3. The van der Waals surface area contributed by atoms with Crippen molar-refractivity contribution in [2.24, 2.45) is 7.05 Å². The number of benzene rings is 1. The van der Waals surface area contributed by atoms with E-state index in [4.69, 9.17) is 0 Å². The van der Waals surface area contributed by atoms with Crippen LogP contribution in [0.25, 0.3) is 5.69 Å². The molecule has 2 heterocycles. The summed E-state index contributed by atoms with van der Waals surface area (Å²) < 4.78 is 3.77. The highest BCUT2D eigenvalue weighted by atomic mass is 79.9. The van der Waals surface area contributed by atoms with E-state index in [1.54, 1.807) is 60.7 Å². The van der Waals surface area contributed by atoms with E-state index < -0.39 is 0 Å². The summed E-state index contributed by atoms with van der Waals surface area (Å²) in [7, 11) is 1.63. The molecule has 6 nitrogen and oxygen atoms in total. The molecule has 0 unspecified atom stereocenters. The lowest BCUT2D eigenvalue weighted by Crippen LogP contribution is -2.24. The van der Waals surface area contributed by atoms with Gasteiger partial charge < -0.3 is 9.88 Å². The van der Waals surface area contributed by atoms with Gasteiger partial charge in [-0.05, 0) is 46.3 Å². The first kappa shape index (κ1) is 15.2. The number of carbonyl (C=O) groups is 1. The Kier molecular flexibility index (Phi) is 4.12. The third-order valence-corrected chi connectivity index (χ3v) is 3.71. The zero-order chi connectivity index (χ0) is 16.4. The molecule has 0 aliphatic carbocycles. The molecule has 0 aliphatic rings. The van der Waals surface area contributed by atoms with Gasteiger partial charge in [0.05, 0.1) is 5.69 Å². The molecule has 1 N–H and O–H groups in total. The van der Waals surface area contributed by atoms with E-state index >= 15 is 0 Å². The van der Waals surface area contributed by atoms with Crippen molar-refractivity contribution >= 4 is 27.5 Å². The number of hydrogen-bond donors (Lipinski definition) is 1. The molecule has 0 spiro atoms. The molecule has 0 fully saturated rings. The largest absolute Gasteiger partial charge is 0.317 e. The van der Waals surface area contributed by atoms with Crippen LogP contribution >= 0.6 is 15.9 Å². The number of nitrogens with zero attached hydrogens (tertiary/aromatic N) is 3. The first-order chi connectivity index (χ1) is 11.0. The van der Waals surface area contributed by atoms with E-state index in [1.807, 2.05) is 6.07 Å². The average molecular weight is 373 g/mol. The molecule has 0 saturated carbocycles. The monoisotopic (exact) mass is 372 g/mol. The van der Waals surface area contributed by atoms with E-state index in [9.17, 15) is 9.59 Å². The first-order valence-corrected chi connectivity index (χ1v) is 7.61. The molecule has 3 rings (SSSR count). The Labute approximate surface area is 140 Å². The fraction of sp³-hybridized carbons (Fsp3) is 0.0625. The zero-order valence-corrected chi connectivity index (χ0v) is 13.8. The summed E-state index contributed by atoms with van der Waals surface area (Å²) in [4.78, 5) is 24.5. The number of halogens is 1. The number of nitrogens with one attached hydrogen (secondary N) is 1. The fourth-order valence-electron chi connectivity index (χ4n) is 2.17. The Balaban J connectivity index is 1.90. The van der Waals surface area contributed by atoms with Crippen molar-refractivity contribution in [1.82, 2.24) is 14.3 Å². The molecule has 116 valence electrons. The van der Waals surface area contributed by atoms with Crippen LogP contribution in [0.2, 0.25) is 0 Å². The summed E-state index contributed by atoms with van der Waals surface area (Å²) >= 11 is 3.31. The van der Waals surface area contributed by atoms with Crippen molar-refractivity contribution < 1.29 is 4.79 Å². The Morgan fingerprint density at radius 1 is 1.26 bits per heavy atom. The van der Waals surface area contributed by atoms with Crippen molar-refractivity contribution in [3.63, 3.8) is 0 Å². The second-order valence-corrected chi connectivity index (χ2v) is 5.86. The molecule has 0 saturated heterocycles. The van der Waals surface area contributed by atoms with Gasteiger partial charge in [-0.2, -0.15) is 5.10 Å². The summed E-state index contributed by atoms with van der Waals surface area (Å²) in [5.41, 5.74) is 1.16. The summed E-state index contributed by atoms with van der Waals surface area (Å²) in [5, 5.41) is 6.78. The Morgan fingerprint density at radius 3 is 2.83 bits per heavy atom. The SMILES string of the molecule is Cn1cc(Br)cc(NC(=O)c2cccc(-n3cccn3)c2)c1=O. The predicted molar refractivity (Wildman–Crippen MR) is 90.9 cm³/mol.